The van der Waals surface area contributed by atoms with E-state index in [1.54, 1.807) is 7.11 Å². The van der Waals surface area contributed by atoms with E-state index < -0.39 is 0 Å². The first-order chi connectivity index (χ1) is 14.7. The first kappa shape index (κ1) is 22.2. The highest BCUT2D eigenvalue weighted by molar-refractivity contribution is 5.95. The molecule has 0 aromatic heterocycles. The minimum atomic E-state index is -0.0334. The summed E-state index contributed by atoms with van der Waals surface area (Å²) in [6.07, 6.45) is 6.17. The Kier molecular flexibility index (Phi) is 8.57. The number of methoxy groups -OCH3 is 1. The largest absolute Gasteiger partial charge is 0.493 e. The monoisotopic (exact) mass is 410 g/mol. The van der Waals surface area contributed by atoms with Gasteiger partial charge in [0.1, 0.15) is 0 Å². The van der Waals surface area contributed by atoms with E-state index in [4.69, 9.17) is 9.47 Å². The number of aryl methyl sites for hydroxylation is 1. The molecule has 1 amide bonds. The van der Waals surface area contributed by atoms with Crippen molar-refractivity contribution in [1.82, 2.24) is 4.90 Å². The van der Waals surface area contributed by atoms with Gasteiger partial charge in [0, 0.05) is 11.8 Å². The lowest BCUT2D eigenvalue weighted by molar-refractivity contribution is -0.120. The molecule has 2 aromatic rings. The third kappa shape index (κ3) is 6.23. The summed E-state index contributed by atoms with van der Waals surface area (Å²) in [5.74, 6) is 1.42. The molecule has 0 saturated carbocycles. The van der Waals surface area contributed by atoms with Gasteiger partial charge in [-0.25, -0.2) is 0 Å². The molecule has 1 N–H and O–H groups in total. The van der Waals surface area contributed by atoms with Gasteiger partial charge >= 0.3 is 0 Å². The van der Waals surface area contributed by atoms with Crippen LogP contribution in [0.5, 0.6) is 11.5 Å². The maximum atomic E-state index is 12.8. The molecule has 3 rings (SSSR count). The summed E-state index contributed by atoms with van der Waals surface area (Å²) in [5.41, 5.74) is 2.06. The molecule has 0 aliphatic carbocycles. The van der Waals surface area contributed by atoms with Gasteiger partial charge in [-0.1, -0.05) is 43.7 Å². The predicted octanol–water partition coefficient (Wildman–Crippen LogP) is 4.91. The van der Waals surface area contributed by atoms with Crippen molar-refractivity contribution in [2.75, 3.05) is 32.1 Å². The molecule has 5 heteroatoms. The fourth-order valence-corrected chi connectivity index (χ4v) is 3.95. The third-order valence-electron chi connectivity index (χ3n) is 5.61. The van der Waals surface area contributed by atoms with Crippen molar-refractivity contribution in [3.05, 3.63) is 54.1 Å². The molecule has 1 aliphatic rings. The standard InChI is InChI=1S/C25H34N2O3/c1-3-4-16-27-17-8-13-22(27)25(28)26-21-14-15-23(29-2)24(19-21)30-18-9-12-20-10-6-5-7-11-20/h5-7,10-11,14-15,19,22H,3-4,8-9,12-13,16-18H2,1-2H3,(H,26,28). The summed E-state index contributed by atoms with van der Waals surface area (Å²) >= 11 is 0. The van der Waals surface area contributed by atoms with Crippen LogP contribution >= 0.6 is 0 Å². The predicted molar refractivity (Wildman–Crippen MR) is 121 cm³/mol. The van der Waals surface area contributed by atoms with Crippen LogP contribution in [0.2, 0.25) is 0 Å². The quantitative estimate of drug-likeness (QED) is 0.535. The number of nitrogens with one attached hydrogen (secondary N) is 1. The maximum absolute atomic E-state index is 12.8. The van der Waals surface area contributed by atoms with Crippen LogP contribution in [0, 0.1) is 0 Å². The Morgan fingerprint density at radius 3 is 2.73 bits per heavy atom. The lowest BCUT2D eigenvalue weighted by atomic mass is 10.1. The summed E-state index contributed by atoms with van der Waals surface area (Å²) in [4.78, 5) is 15.2. The molecule has 30 heavy (non-hydrogen) atoms. The second-order valence-electron chi connectivity index (χ2n) is 7.84. The number of benzene rings is 2. The zero-order chi connectivity index (χ0) is 21.2. The maximum Gasteiger partial charge on any atom is 0.241 e. The Morgan fingerprint density at radius 1 is 1.13 bits per heavy atom. The van der Waals surface area contributed by atoms with Crippen molar-refractivity contribution >= 4 is 11.6 Å². The highest BCUT2D eigenvalue weighted by atomic mass is 16.5. The Morgan fingerprint density at radius 2 is 1.97 bits per heavy atom. The molecule has 1 unspecified atom stereocenters. The number of anilines is 1. The van der Waals surface area contributed by atoms with Crippen molar-refractivity contribution in [1.29, 1.82) is 0 Å². The molecule has 0 spiro atoms. The lowest BCUT2D eigenvalue weighted by Gasteiger charge is -2.23. The van der Waals surface area contributed by atoms with Gasteiger partial charge in [0.25, 0.3) is 0 Å². The van der Waals surface area contributed by atoms with Crippen LogP contribution in [-0.2, 0) is 11.2 Å². The molecule has 162 valence electrons. The molecule has 2 aromatic carbocycles. The van der Waals surface area contributed by atoms with Gasteiger partial charge in [0.05, 0.1) is 19.8 Å². The number of likely N-dealkylation sites (tertiary alicyclic amines) is 1. The topological polar surface area (TPSA) is 50.8 Å². The SMILES string of the molecule is CCCCN1CCCC1C(=O)Nc1ccc(OC)c(OCCCc2ccccc2)c1. The number of carbonyl (C=O) groups is 1. The molecular weight excluding hydrogens is 376 g/mol. The summed E-state index contributed by atoms with van der Waals surface area (Å²) in [5, 5.41) is 3.08. The smallest absolute Gasteiger partial charge is 0.241 e. The van der Waals surface area contributed by atoms with Crippen LogP contribution < -0.4 is 14.8 Å². The minimum absolute atomic E-state index is 0.0334. The van der Waals surface area contributed by atoms with Crippen molar-refractivity contribution in [3.8, 4) is 11.5 Å². The van der Waals surface area contributed by atoms with Crippen molar-refractivity contribution in [3.63, 3.8) is 0 Å². The van der Waals surface area contributed by atoms with Crippen molar-refractivity contribution in [2.24, 2.45) is 0 Å². The zero-order valence-corrected chi connectivity index (χ0v) is 18.2. The van der Waals surface area contributed by atoms with E-state index in [-0.39, 0.29) is 11.9 Å². The average Bonchev–Trinajstić information content (AvgIpc) is 3.25. The van der Waals surface area contributed by atoms with Crippen LogP contribution in [0.25, 0.3) is 0 Å². The van der Waals surface area contributed by atoms with E-state index in [0.717, 1.165) is 57.3 Å². The number of nitrogens with zero attached hydrogens (tertiary/aromatic N) is 1. The number of rotatable bonds is 11. The highest BCUT2D eigenvalue weighted by Gasteiger charge is 2.30. The number of hydrogen-bond donors (Lipinski definition) is 1. The molecule has 1 heterocycles. The van der Waals surface area contributed by atoms with E-state index in [1.165, 1.54) is 5.56 Å². The fourth-order valence-electron chi connectivity index (χ4n) is 3.95. The summed E-state index contributed by atoms with van der Waals surface area (Å²) in [6, 6.07) is 16.0. The normalized spacial score (nSPS) is 16.4. The molecule has 0 radical (unpaired) electrons. The first-order valence-electron chi connectivity index (χ1n) is 11.1. The number of unbranched alkanes of at least 4 members (excludes halogenated alkanes) is 1. The van der Waals surface area contributed by atoms with E-state index in [9.17, 15) is 4.79 Å². The molecule has 1 aliphatic heterocycles. The second kappa shape index (κ2) is 11.6. The summed E-state index contributed by atoms with van der Waals surface area (Å²) in [6.45, 7) is 4.78. The van der Waals surface area contributed by atoms with E-state index >= 15 is 0 Å². The van der Waals surface area contributed by atoms with Crippen LogP contribution in [0.4, 0.5) is 5.69 Å². The van der Waals surface area contributed by atoms with Gasteiger partial charge in [0.2, 0.25) is 5.91 Å². The van der Waals surface area contributed by atoms with Gasteiger partial charge in [-0.3, -0.25) is 9.69 Å². The van der Waals surface area contributed by atoms with Crippen LogP contribution in [-0.4, -0.2) is 43.7 Å². The zero-order valence-electron chi connectivity index (χ0n) is 18.2. The van der Waals surface area contributed by atoms with Crippen LogP contribution in [0.3, 0.4) is 0 Å². The van der Waals surface area contributed by atoms with E-state index in [1.807, 2.05) is 24.3 Å². The van der Waals surface area contributed by atoms with Crippen molar-refractivity contribution in [2.45, 2.75) is 51.5 Å². The van der Waals surface area contributed by atoms with Gasteiger partial charge in [0.15, 0.2) is 11.5 Å². The van der Waals surface area contributed by atoms with Crippen molar-refractivity contribution < 1.29 is 14.3 Å². The molecule has 1 saturated heterocycles. The molecule has 1 fully saturated rings. The fraction of sp³-hybridized carbons (Fsp3) is 0.480. The number of hydrogen-bond acceptors (Lipinski definition) is 4. The lowest BCUT2D eigenvalue weighted by Crippen LogP contribution is -2.40. The second-order valence-corrected chi connectivity index (χ2v) is 7.84. The van der Waals surface area contributed by atoms with Gasteiger partial charge in [-0.2, -0.15) is 0 Å². The van der Waals surface area contributed by atoms with E-state index in [2.05, 4.69) is 41.4 Å². The molecular formula is C25H34N2O3. The number of carbonyl (C=O) groups excluding carboxylic acids is 1. The van der Waals surface area contributed by atoms with Crippen LogP contribution in [0.1, 0.15) is 44.6 Å². The Hall–Kier alpha value is -2.53. The third-order valence-corrected chi connectivity index (χ3v) is 5.61. The Balaban J connectivity index is 1.56. The average molecular weight is 411 g/mol. The first-order valence-corrected chi connectivity index (χ1v) is 11.1. The Bertz CT molecular complexity index is 794. The highest BCUT2D eigenvalue weighted by Crippen LogP contribution is 2.31. The summed E-state index contributed by atoms with van der Waals surface area (Å²) in [7, 11) is 1.63. The number of ether oxygens (including phenoxy) is 2. The molecule has 5 nitrogen and oxygen atoms in total. The van der Waals surface area contributed by atoms with Crippen LogP contribution in [0.15, 0.2) is 48.5 Å². The minimum Gasteiger partial charge on any atom is -0.493 e. The summed E-state index contributed by atoms with van der Waals surface area (Å²) < 4.78 is 11.4. The van der Waals surface area contributed by atoms with Gasteiger partial charge in [-0.05, 0) is 62.9 Å². The van der Waals surface area contributed by atoms with Gasteiger partial charge in [-0.15, -0.1) is 0 Å². The number of amides is 1. The Labute approximate surface area is 180 Å². The molecule has 0 bridgehead atoms. The van der Waals surface area contributed by atoms with Gasteiger partial charge < -0.3 is 14.8 Å². The molecule has 1 atom stereocenters. The van der Waals surface area contributed by atoms with E-state index in [0.29, 0.717) is 18.1 Å².